The van der Waals surface area contributed by atoms with E-state index in [1.165, 1.54) is 23.9 Å². The highest BCUT2D eigenvalue weighted by Crippen LogP contribution is 2.19. The molecule has 0 spiro atoms. The molecule has 3 rings (SSSR count). The first-order valence-corrected chi connectivity index (χ1v) is 7.42. The van der Waals surface area contributed by atoms with Crippen LogP contribution in [0.1, 0.15) is 10.5 Å². The Hall–Kier alpha value is -3.13. The van der Waals surface area contributed by atoms with Crippen LogP contribution in [0, 0.1) is 5.82 Å². The van der Waals surface area contributed by atoms with Gasteiger partial charge in [0.2, 0.25) is 5.69 Å². The fourth-order valence-electron chi connectivity index (χ4n) is 2.14. The molecule has 3 aromatic rings. The molecule has 0 saturated heterocycles. The third-order valence-electron chi connectivity index (χ3n) is 3.37. The molecule has 0 aliphatic carbocycles. The second-order valence-corrected chi connectivity index (χ2v) is 5.35. The summed E-state index contributed by atoms with van der Waals surface area (Å²) in [5, 5.41) is 4.68. The molecular weight excluding hydrogens is 353 g/mol. The van der Waals surface area contributed by atoms with Gasteiger partial charge < -0.3 is 10.1 Å². The predicted molar refractivity (Wildman–Crippen MR) is 86.8 cm³/mol. The van der Waals surface area contributed by atoms with E-state index in [0.29, 0.717) is 11.4 Å². The third kappa shape index (κ3) is 3.38. The number of carbonyl (C=O) groups excluding carboxylic acids is 1. The molecule has 0 fully saturated rings. The molecule has 1 amide bonds. The molecule has 9 heteroatoms. The van der Waals surface area contributed by atoms with Gasteiger partial charge in [-0.25, -0.2) is 9.18 Å². The van der Waals surface area contributed by atoms with Crippen molar-refractivity contribution in [2.75, 3.05) is 12.4 Å². The Morgan fingerprint density at radius 3 is 2.64 bits per heavy atom. The van der Waals surface area contributed by atoms with Gasteiger partial charge in [-0.2, -0.15) is 0 Å². The van der Waals surface area contributed by atoms with E-state index in [2.05, 4.69) is 10.6 Å². The largest absolute Gasteiger partial charge is 0.497 e. The molecule has 0 atom stereocenters. The van der Waals surface area contributed by atoms with Crippen LogP contribution in [0.25, 0.3) is 5.69 Å². The molecule has 128 valence electrons. The fraction of sp³-hybridized carbons (Fsp3) is 0.0625. The Kier molecular flexibility index (Phi) is 4.53. The van der Waals surface area contributed by atoms with Crippen LogP contribution in [-0.2, 0) is 0 Å². The summed E-state index contributed by atoms with van der Waals surface area (Å²) in [6, 6.07) is 10.3. The predicted octanol–water partition coefficient (Wildman–Crippen LogP) is 2.30. The lowest BCUT2D eigenvalue weighted by Crippen LogP contribution is -2.42. The number of halogens is 2. The number of H-pyrrole nitrogens is 1. The minimum Gasteiger partial charge on any atom is -0.497 e. The lowest BCUT2D eigenvalue weighted by molar-refractivity contribution is -0.672. The van der Waals surface area contributed by atoms with Crippen molar-refractivity contribution in [2.45, 2.75) is 0 Å². The van der Waals surface area contributed by atoms with Gasteiger partial charge in [0.05, 0.1) is 12.1 Å². The number of hydrogen-bond acceptors (Lipinski definition) is 4. The lowest BCUT2D eigenvalue weighted by atomic mass is 10.2. The van der Waals surface area contributed by atoms with Crippen molar-refractivity contribution in [1.29, 1.82) is 0 Å². The molecule has 0 aliphatic heterocycles. The standard InChI is InChI=1S/C16H11ClFN3O4/c1-24-11-5-3-10(4-6-11)21-14(16(23)25-20-21)15(22)19-9-2-7-13(18)12(17)8-9/h2-8H,1H3,(H-,19,20,22,23)/p+1. The second kappa shape index (κ2) is 6.78. The Balaban J connectivity index is 1.93. The zero-order valence-corrected chi connectivity index (χ0v) is 13.6. The maximum Gasteiger partial charge on any atom is 0.441 e. The van der Waals surface area contributed by atoms with E-state index in [0.717, 1.165) is 6.07 Å². The second-order valence-electron chi connectivity index (χ2n) is 4.95. The summed E-state index contributed by atoms with van der Waals surface area (Å²) < 4.78 is 24.1. The monoisotopic (exact) mass is 364 g/mol. The molecule has 0 bridgehead atoms. The summed E-state index contributed by atoms with van der Waals surface area (Å²) in [4.78, 5) is 24.3. The first-order valence-electron chi connectivity index (χ1n) is 7.04. The van der Waals surface area contributed by atoms with Crippen LogP contribution in [0.15, 0.2) is 51.8 Å². The van der Waals surface area contributed by atoms with Crippen molar-refractivity contribution in [1.82, 2.24) is 5.27 Å². The van der Waals surface area contributed by atoms with Crippen molar-refractivity contribution in [3.63, 3.8) is 0 Å². The van der Waals surface area contributed by atoms with Gasteiger partial charge in [0.1, 0.15) is 11.6 Å². The maximum absolute atomic E-state index is 13.2. The number of ether oxygens (including phenoxy) is 1. The molecule has 0 unspecified atom stereocenters. The van der Waals surface area contributed by atoms with Gasteiger partial charge in [-0.05, 0) is 40.3 Å². The van der Waals surface area contributed by atoms with Gasteiger partial charge in [0.15, 0.2) is 0 Å². The Morgan fingerprint density at radius 1 is 1.28 bits per heavy atom. The summed E-state index contributed by atoms with van der Waals surface area (Å²) in [6.45, 7) is 0. The van der Waals surface area contributed by atoms with Crippen LogP contribution in [0.2, 0.25) is 5.02 Å². The maximum atomic E-state index is 13.2. The van der Waals surface area contributed by atoms with Crippen LogP contribution in [0.3, 0.4) is 0 Å². The number of aromatic amines is 1. The van der Waals surface area contributed by atoms with E-state index in [-0.39, 0.29) is 16.4 Å². The molecule has 2 N–H and O–H groups in total. The Labute approximate surface area is 145 Å². The molecule has 7 nitrogen and oxygen atoms in total. The van der Waals surface area contributed by atoms with Crippen LogP contribution in [-0.4, -0.2) is 18.3 Å². The minimum atomic E-state index is -0.860. The van der Waals surface area contributed by atoms with Gasteiger partial charge in [-0.15, -0.1) is 0 Å². The van der Waals surface area contributed by atoms with Crippen molar-refractivity contribution in [3.8, 4) is 11.4 Å². The summed E-state index contributed by atoms with van der Waals surface area (Å²) in [5.41, 5.74) is -0.431. The number of amides is 1. The van der Waals surface area contributed by atoms with Gasteiger partial charge in [-0.3, -0.25) is 9.32 Å². The summed E-state index contributed by atoms with van der Waals surface area (Å²) in [6.07, 6.45) is 0. The summed E-state index contributed by atoms with van der Waals surface area (Å²) in [7, 11) is 1.52. The first-order chi connectivity index (χ1) is 12.0. The topological polar surface area (TPSA) is 88.2 Å². The van der Waals surface area contributed by atoms with E-state index in [1.807, 2.05) is 0 Å². The van der Waals surface area contributed by atoms with Crippen LogP contribution in [0.4, 0.5) is 10.1 Å². The SMILES string of the molecule is COc1ccc(-[n+]2[nH]oc(=O)c2C(=O)Nc2ccc(F)c(Cl)c2)cc1. The summed E-state index contributed by atoms with van der Waals surface area (Å²) >= 11 is 5.68. The molecule has 1 aromatic heterocycles. The van der Waals surface area contributed by atoms with Crippen LogP contribution < -0.4 is 20.4 Å². The molecule has 25 heavy (non-hydrogen) atoms. The molecule has 0 radical (unpaired) electrons. The molecule has 2 aromatic carbocycles. The van der Waals surface area contributed by atoms with Gasteiger partial charge in [0, 0.05) is 17.8 Å². The van der Waals surface area contributed by atoms with Crippen molar-refractivity contribution >= 4 is 23.2 Å². The fourth-order valence-corrected chi connectivity index (χ4v) is 2.32. The third-order valence-corrected chi connectivity index (χ3v) is 3.66. The first kappa shape index (κ1) is 16.7. The van der Waals surface area contributed by atoms with E-state index in [4.69, 9.17) is 20.9 Å². The Morgan fingerprint density at radius 2 is 2.00 bits per heavy atom. The van der Waals surface area contributed by atoms with E-state index in [1.54, 1.807) is 24.3 Å². The number of nitrogens with zero attached hydrogens (tertiary/aromatic N) is 1. The quantitative estimate of drug-likeness (QED) is 0.695. The zero-order chi connectivity index (χ0) is 18.0. The van der Waals surface area contributed by atoms with Crippen molar-refractivity contribution in [2.24, 2.45) is 0 Å². The highest BCUT2D eigenvalue weighted by molar-refractivity contribution is 6.31. The average molecular weight is 365 g/mol. The van der Waals surface area contributed by atoms with Crippen molar-refractivity contribution in [3.05, 3.63) is 69.4 Å². The van der Waals surface area contributed by atoms with Crippen molar-refractivity contribution < 1.29 is 23.1 Å². The number of methoxy groups -OCH3 is 1. The van der Waals surface area contributed by atoms with Crippen LogP contribution in [0.5, 0.6) is 5.75 Å². The number of rotatable bonds is 4. The van der Waals surface area contributed by atoms with Crippen LogP contribution >= 0.6 is 11.6 Å². The number of anilines is 1. The number of benzene rings is 2. The van der Waals surface area contributed by atoms with Gasteiger partial charge in [0.25, 0.3) is 0 Å². The minimum absolute atomic E-state index is 0.151. The normalized spacial score (nSPS) is 10.5. The smallest absolute Gasteiger partial charge is 0.441 e. The molecule has 0 saturated carbocycles. The lowest BCUT2D eigenvalue weighted by Gasteiger charge is -2.03. The van der Waals surface area contributed by atoms with Gasteiger partial charge >= 0.3 is 17.2 Å². The zero-order valence-electron chi connectivity index (χ0n) is 12.9. The average Bonchev–Trinajstić information content (AvgIpc) is 3.00. The van der Waals surface area contributed by atoms with E-state index >= 15 is 0 Å². The number of hydrogen-bond donors (Lipinski definition) is 2. The van der Waals surface area contributed by atoms with Gasteiger partial charge in [-0.1, -0.05) is 11.6 Å². The number of nitrogens with one attached hydrogen (secondary N) is 2. The molecule has 1 heterocycles. The highest BCUT2D eigenvalue weighted by atomic mass is 35.5. The van der Waals surface area contributed by atoms with E-state index in [9.17, 15) is 14.0 Å². The number of carbonyl (C=O) groups is 1. The molecule has 0 aliphatic rings. The number of aromatic nitrogens is 2. The molecular formula is C16H12ClFN3O4+. The van der Waals surface area contributed by atoms with E-state index < -0.39 is 17.3 Å². The summed E-state index contributed by atoms with van der Waals surface area (Å²) in [5.74, 6) is -0.746. The highest BCUT2D eigenvalue weighted by Gasteiger charge is 2.31. The Bertz CT molecular complexity index is 982.